The molecule has 0 atom stereocenters. The second-order valence-electron chi connectivity index (χ2n) is 1.91. The third kappa shape index (κ3) is 1.92. The molecule has 0 spiro atoms. The molecular formula is C6H15BN2. The van der Waals surface area contributed by atoms with E-state index in [0.29, 0.717) is 0 Å². The van der Waals surface area contributed by atoms with Crippen LogP contribution in [0.25, 0.3) is 0 Å². The number of hydrogen-bond donors (Lipinski definition) is 0. The van der Waals surface area contributed by atoms with Crippen molar-refractivity contribution in [3.05, 3.63) is 18.7 Å². The van der Waals surface area contributed by atoms with Crippen LogP contribution in [-0.2, 0) is 13.6 Å². The summed E-state index contributed by atoms with van der Waals surface area (Å²) in [4.78, 5) is 0. The van der Waals surface area contributed by atoms with Gasteiger partial charge in [-0.2, -0.15) is 0 Å². The Labute approximate surface area is 57.7 Å². The fourth-order valence-corrected chi connectivity index (χ4v) is 0.689. The third-order valence-electron chi connectivity index (χ3n) is 1.19. The fourth-order valence-electron chi connectivity index (χ4n) is 0.689. The summed E-state index contributed by atoms with van der Waals surface area (Å²) in [5.41, 5.74) is 0. The van der Waals surface area contributed by atoms with Crippen LogP contribution >= 0.6 is 0 Å². The van der Waals surface area contributed by atoms with E-state index >= 15 is 0 Å². The van der Waals surface area contributed by atoms with E-state index in [2.05, 4.69) is 24.0 Å². The van der Waals surface area contributed by atoms with Gasteiger partial charge >= 0.3 is 0 Å². The minimum Gasteiger partial charge on any atom is -0.240 e. The van der Waals surface area contributed by atoms with E-state index < -0.39 is 0 Å². The molecule has 3 heteroatoms. The summed E-state index contributed by atoms with van der Waals surface area (Å²) in [7, 11) is 2.02. The van der Waals surface area contributed by atoms with Gasteiger partial charge in [0.25, 0.3) is 0 Å². The highest BCUT2D eigenvalue weighted by molar-refractivity contribution is 5.75. The number of nitrogens with zero attached hydrogens (tertiary/aromatic N) is 2. The van der Waals surface area contributed by atoms with Crippen LogP contribution in [0.4, 0.5) is 0 Å². The van der Waals surface area contributed by atoms with Crippen LogP contribution in [0.2, 0.25) is 0 Å². The highest BCUT2D eigenvalue weighted by Gasteiger charge is 1.92. The molecule has 0 bridgehead atoms. The zero-order chi connectivity index (χ0) is 5.98. The Morgan fingerprint density at radius 3 is 2.44 bits per heavy atom. The number of aryl methyl sites for hydroxylation is 2. The maximum absolute atomic E-state index is 2.12. The molecule has 52 valence electrons. The Kier molecular flexibility index (Phi) is 3.06. The number of imidazole rings is 1. The maximum atomic E-state index is 2.12. The number of rotatable bonds is 1. The first-order chi connectivity index (χ1) is 3.83. The molecule has 0 fully saturated rings. The smallest absolute Gasteiger partial charge is 0.240 e. The van der Waals surface area contributed by atoms with Crippen molar-refractivity contribution in [3.8, 4) is 0 Å². The normalized spacial score (nSPS) is 8.67. The van der Waals surface area contributed by atoms with Gasteiger partial charge in [0.1, 0.15) is 12.4 Å². The second kappa shape index (κ2) is 3.33. The quantitative estimate of drug-likeness (QED) is 0.333. The lowest BCUT2D eigenvalue weighted by atomic mass is 10.7. The summed E-state index contributed by atoms with van der Waals surface area (Å²) in [6.45, 7) is 3.18. The van der Waals surface area contributed by atoms with Crippen molar-refractivity contribution in [1.29, 1.82) is 0 Å². The molecule has 0 saturated heterocycles. The van der Waals surface area contributed by atoms with Gasteiger partial charge in [-0.15, -0.1) is 0 Å². The number of aromatic nitrogens is 2. The van der Waals surface area contributed by atoms with Crippen LogP contribution in [0.15, 0.2) is 18.7 Å². The molecule has 0 aliphatic carbocycles. The van der Waals surface area contributed by atoms with Gasteiger partial charge < -0.3 is 0 Å². The lowest BCUT2D eigenvalue weighted by Gasteiger charge is -1.81. The number of hydrogen-bond acceptors (Lipinski definition) is 0. The van der Waals surface area contributed by atoms with Gasteiger partial charge in [-0.1, -0.05) is 8.41 Å². The Bertz CT molecular complexity index is 171. The first-order valence-corrected chi connectivity index (χ1v) is 2.84. The summed E-state index contributed by atoms with van der Waals surface area (Å²) in [6.07, 6.45) is 6.14. The Morgan fingerprint density at radius 1 is 1.56 bits per heavy atom. The standard InChI is InChI=1S/C6H11N2.BH4/c1-3-8-5-4-7(2)6-8;/h4-6H,3H2,1-2H3;1H4/q+1;-1. The van der Waals surface area contributed by atoms with Crippen LogP contribution in [0.3, 0.4) is 0 Å². The van der Waals surface area contributed by atoms with Crippen LogP contribution < -0.4 is 4.57 Å². The Balaban J connectivity index is 0.000000640. The topological polar surface area (TPSA) is 8.81 Å². The van der Waals surface area contributed by atoms with Crippen molar-refractivity contribution in [2.24, 2.45) is 7.05 Å². The Hall–Kier alpha value is -0.725. The monoisotopic (exact) mass is 126 g/mol. The molecule has 9 heavy (non-hydrogen) atoms. The van der Waals surface area contributed by atoms with E-state index in [0.717, 1.165) is 6.54 Å². The molecule has 0 saturated carbocycles. The first kappa shape index (κ1) is 8.27. The molecule has 0 aromatic carbocycles. The van der Waals surface area contributed by atoms with Gasteiger partial charge in [0.15, 0.2) is 0 Å². The summed E-state index contributed by atoms with van der Waals surface area (Å²) in [5.74, 6) is 0. The fraction of sp³-hybridized carbons (Fsp3) is 0.500. The van der Waals surface area contributed by atoms with E-state index in [1.807, 2.05) is 17.8 Å². The zero-order valence-electron chi connectivity index (χ0n) is 5.33. The van der Waals surface area contributed by atoms with Gasteiger partial charge in [0.2, 0.25) is 6.33 Å². The molecule has 0 amide bonds. The van der Waals surface area contributed by atoms with E-state index in [4.69, 9.17) is 0 Å². The highest BCUT2D eigenvalue weighted by Crippen LogP contribution is 1.79. The predicted molar refractivity (Wildman–Crippen MR) is 42.6 cm³/mol. The molecule has 2 nitrogen and oxygen atoms in total. The molecule has 0 unspecified atom stereocenters. The molecule has 0 radical (unpaired) electrons. The second-order valence-corrected chi connectivity index (χ2v) is 1.91. The van der Waals surface area contributed by atoms with Gasteiger partial charge in [-0.25, -0.2) is 9.13 Å². The van der Waals surface area contributed by atoms with Crippen molar-refractivity contribution in [2.75, 3.05) is 0 Å². The van der Waals surface area contributed by atoms with Gasteiger partial charge in [-0.3, -0.25) is 0 Å². The van der Waals surface area contributed by atoms with Crippen molar-refractivity contribution in [2.45, 2.75) is 13.5 Å². The van der Waals surface area contributed by atoms with Crippen molar-refractivity contribution >= 4 is 8.41 Å². The van der Waals surface area contributed by atoms with Crippen molar-refractivity contribution in [3.63, 3.8) is 0 Å². The molecule has 0 N–H and O–H groups in total. The largest absolute Gasteiger partial charge is 0.243 e. The van der Waals surface area contributed by atoms with Gasteiger partial charge in [-0.05, 0) is 6.92 Å². The van der Waals surface area contributed by atoms with Gasteiger partial charge in [0.05, 0.1) is 13.6 Å². The van der Waals surface area contributed by atoms with Crippen molar-refractivity contribution in [1.82, 2.24) is 4.57 Å². The average molecular weight is 126 g/mol. The van der Waals surface area contributed by atoms with Gasteiger partial charge in [0, 0.05) is 0 Å². The summed E-state index contributed by atoms with van der Waals surface area (Å²) >= 11 is 0. The molecule has 0 aliphatic heterocycles. The predicted octanol–water partition coefficient (Wildman–Crippen LogP) is -1.12. The van der Waals surface area contributed by atoms with E-state index in [-0.39, 0.29) is 8.41 Å². The maximum Gasteiger partial charge on any atom is 0.243 e. The molecule has 1 heterocycles. The van der Waals surface area contributed by atoms with E-state index in [1.54, 1.807) is 0 Å². The molecule has 1 aromatic rings. The molecule has 1 aromatic heterocycles. The Morgan fingerprint density at radius 2 is 2.22 bits per heavy atom. The summed E-state index contributed by atoms with van der Waals surface area (Å²) in [5, 5.41) is 0. The molecular weight excluding hydrogens is 111 g/mol. The minimum atomic E-state index is 0. The van der Waals surface area contributed by atoms with Crippen molar-refractivity contribution < 1.29 is 4.57 Å². The minimum absolute atomic E-state index is 0. The SMILES string of the molecule is CCn1cc[n+](C)c1.[BH4-]. The molecule has 0 aliphatic rings. The lowest BCUT2D eigenvalue weighted by Crippen LogP contribution is -2.23. The third-order valence-corrected chi connectivity index (χ3v) is 1.19. The van der Waals surface area contributed by atoms with E-state index in [9.17, 15) is 0 Å². The van der Waals surface area contributed by atoms with E-state index in [1.165, 1.54) is 0 Å². The highest BCUT2D eigenvalue weighted by atomic mass is 15.1. The van der Waals surface area contributed by atoms with Crippen LogP contribution in [0.1, 0.15) is 6.92 Å². The lowest BCUT2D eigenvalue weighted by molar-refractivity contribution is -0.671. The summed E-state index contributed by atoms with van der Waals surface area (Å²) in [6, 6.07) is 0. The van der Waals surface area contributed by atoms with Crippen LogP contribution in [-0.4, -0.2) is 13.0 Å². The summed E-state index contributed by atoms with van der Waals surface area (Å²) < 4.78 is 4.16. The molecule has 1 rings (SSSR count). The first-order valence-electron chi connectivity index (χ1n) is 2.84. The average Bonchev–Trinajstić information content (AvgIpc) is 2.14. The van der Waals surface area contributed by atoms with Crippen LogP contribution in [0.5, 0.6) is 0 Å². The zero-order valence-corrected chi connectivity index (χ0v) is 5.33. The van der Waals surface area contributed by atoms with Crippen LogP contribution in [0, 0.1) is 0 Å².